The topological polar surface area (TPSA) is 266 Å². The van der Waals surface area contributed by atoms with E-state index < -0.39 is 74.2 Å². The van der Waals surface area contributed by atoms with Crippen LogP contribution in [0, 0.1) is 10.1 Å². The largest absolute Gasteiger partial charge is 1.00 e. The minimum absolute atomic E-state index is 0. The molecule has 1 aliphatic rings. The van der Waals surface area contributed by atoms with Crippen molar-refractivity contribution >= 4 is 79.4 Å². The number of benzene rings is 1. The number of esters is 2. The number of hydrogen-bond donors (Lipinski definition) is 2. The van der Waals surface area contributed by atoms with Gasteiger partial charge in [0.25, 0.3) is 17.5 Å². The second-order valence-electron chi connectivity index (χ2n) is 9.27. The third kappa shape index (κ3) is 9.18. The molecule has 1 aromatic heterocycles. The number of methoxy groups -OCH3 is 1. The van der Waals surface area contributed by atoms with Crippen molar-refractivity contribution in [3.05, 3.63) is 51.0 Å². The van der Waals surface area contributed by atoms with Crippen LogP contribution in [-0.2, 0) is 55.2 Å². The first kappa shape index (κ1) is 38.5. The van der Waals surface area contributed by atoms with Gasteiger partial charge in [-0.25, -0.2) is 27.3 Å². The molecular formula is C23H22ClN6NaO13S2. The second kappa shape index (κ2) is 15.7. The van der Waals surface area contributed by atoms with Gasteiger partial charge in [0.1, 0.15) is 24.2 Å². The summed E-state index contributed by atoms with van der Waals surface area (Å²) in [5, 5.41) is 20.1. The maximum absolute atomic E-state index is 13.3. The summed E-state index contributed by atoms with van der Waals surface area (Å²) in [5.74, 6) is -6.11. The number of ether oxygens (including phenoxy) is 2. The first-order valence-corrected chi connectivity index (χ1v) is 14.9. The maximum Gasteiger partial charge on any atom is 1.00 e. The monoisotopic (exact) mass is 712 g/mol. The van der Waals surface area contributed by atoms with E-state index in [4.69, 9.17) is 21.2 Å². The summed E-state index contributed by atoms with van der Waals surface area (Å²) in [7, 11) is -4.60. The Morgan fingerprint density at radius 3 is 2.39 bits per heavy atom. The van der Waals surface area contributed by atoms with Gasteiger partial charge in [0.2, 0.25) is 11.5 Å². The first-order valence-electron chi connectivity index (χ1n) is 12.2. The zero-order valence-corrected chi connectivity index (χ0v) is 28.6. The number of anilines is 1. The molecule has 46 heavy (non-hydrogen) atoms. The van der Waals surface area contributed by atoms with Gasteiger partial charge < -0.3 is 29.5 Å². The van der Waals surface area contributed by atoms with Crippen molar-refractivity contribution in [1.82, 2.24) is 14.6 Å². The number of aromatic nitrogens is 1. The van der Waals surface area contributed by atoms with E-state index in [9.17, 15) is 47.1 Å². The Hall–Kier alpha value is -3.73. The molecule has 19 nitrogen and oxygen atoms in total. The normalized spacial score (nSPS) is 16.3. The fourth-order valence-corrected chi connectivity index (χ4v) is 5.04. The molecule has 0 radical (unpaired) electrons. The van der Waals surface area contributed by atoms with Crippen molar-refractivity contribution in [2.75, 3.05) is 18.3 Å². The summed E-state index contributed by atoms with van der Waals surface area (Å²) in [6.07, 6.45) is 0. The standard InChI is InChI=1S/C23H23ClN6O13S2.Na/c1-23(2,21(35)42-9-11-4-6-12(7-5-11)30(36)37)43-28-15(13-10-44-22(25-13)26-14(31)8-24)18(32)27-16-17(20(34)41-3)29(19(16)33)45(38,39)40;/h4-7,10,16-17H,8-9H2,1-3H3,(H,27,32)(H,25,26,31)(H,38,39,40);/q;+1/p-1/t16-,17-;/m1./s1. The number of nitrogens with zero attached hydrogens (tertiary/aromatic N) is 4. The van der Waals surface area contributed by atoms with Gasteiger partial charge in [0.15, 0.2) is 27.2 Å². The fraction of sp³-hybridized carbons (Fsp3) is 0.348. The van der Waals surface area contributed by atoms with Gasteiger partial charge in [-0.3, -0.25) is 24.5 Å². The number of nitrogens with one attached hydrogen (secondary N) is 2. The molecule has 3 amide bonds. The fourth-order valence-electron chi connectivity index (χ4n) is 3.45. The molecule has 1 fully saturated rings. The third-order valence-electron chi connectivity index (χ3n) is 5.73. The van der Waals surface area contributed by atoms with Crippen molar-refractivity contribution < 1.29 is 85.7 Å². The number of hydrogen-bond acceptors (Lipinski definition) is 16. The van der Waals surface area contributed by atoms with Crippen LogP contribution in [0.3, 0.4) is 0 Å². The average molecular weight is 713 g/mol. The number of non-ortho nitro benzene ring substituents is 1. The van der Waals surface area contributed by atoms with E-state index in [2.05, 4.69) is 25.5 Å². The molecule has 0 saturated carbocycles. The van der Waals surface area contributed by atoms with Crippen LogP contribution < -0.4 is 40.2 Å². The Kier molecular flexibility index (Phi) is 13.1. The summed E-state index contributed by atoms with van der Waals surface area (Å²) in [6, 6.07) is 1.24. The summed E-state index contributed by atoms with van der Waals surface area (Å²) in [4.78, 5) is 81.8. The number of alkyl halides is 1. The van der Waals surface area contributed by atoms with Crippen LogP contribution in [-0.4, -0.2) is 93.2 Å². The maximum atomic E-state index is 13.3. The second-order valence-corrected chi connectivity index (χ2v) is 11.6. The van der Waals surface area contributed by atoms with Crippen LogP contribution in [0.15, 0.2) is 34.8 Å². The average Bonchev–Trinajstić information content (AvgIpc) is 3.43. The van der Waals surface area contributed by atoms with Gasteiger partial charge in [-0.15, -0.1) is 22.9 Å². The Balaban J connectivity index is 0.00000736. The summed E-state index contributed by atoms with van der Waals surface area (Å²) in [5.41, 5.74) is -2.64. The van der Waals surface area contributed by atoms with Crippen molar-refractivity contribution in [3.8, 4) is 0 Å². The van der Waals surface area contributed by atoms with E-state index >= 15 is 0 Å². The zero-order valence-electron chi connectivity index (χ0n) is 24.2. The molecule has 1 aliphatic heterocycles. The number of amides is 3. The van der Waals surface area contributed by atoms with Crippen LogP contribution >= 0.6 is 22.9 Å². The summed E-state index contributed by atoms with van der Waals surface area (Å²) in [6.45, 7) is 2.13. The molecule has 2 atom stereocenters. The minimum Gasteiger partial charge on any atom is -0.731 e. The zero-order chi connectivity index (χ0) is 33.7. The number of carbonyl (C=O) groups excluding carboxylic acids is 5. The Morgan fingerprint density at radius 1 is 1.22 bits per heavy atom. The van der Waals surface area contributed by atoms with E-state index in [0.29, 0.717) is 5.56 Å². The number of nitro groups is 1. The number of carbonyl (C=O) groups is 5. The molecule has 0 aliphatic carbocycles. The van der Waals surface area contributed by atoms with Gasteiger partial charge in [-0.2, -0.15) is 0 Å². The van der Waals surface area contributed by atoms with Gasteiger partial charge in [0, 0.05) is 17.5 Å². The molecule has 0 bridgehead atoms. The smallest absolute Gasteiger partial charge is 0.731 e. The molecule has 2 N–H and O–H groups in total. The molecule has 23 heteroatoms. The first-order chi connectivity index (χ1) is 21.0. The van der Waals surface area contributed by atoms with Gasteiger partial charge in [-0.1, -0.05) is 5.16 Å². The predicted molar refractivity (Wildman–Crippen MR) is 150 cm³/mol. The minimum atomic E-state index is -5.46. The van der Waals surface area contributed by atoms with Gasteiger partial charge in [0.05, 0.1) is 12.0 Å². The molecular weight excluding hydrogens is 691 g/mol. The van der Waals surface area contributed by atoms with Crippen LogP contribution in [0.1, 0.15) is 25.1 Å². The van der Waals surface area contributed by atoms with E-state index in [1.165, 1.54) is 43.5 Å². The van der Waals surface area contributed by atoms with Crippen molar-refractivity contribution in [2.24, 2.45) is 5.16 Å². The van der Waals surface area contributed by atoms with Crippen LogP contribution in [0.4, 0.5) is 10.8 Å². The molecule has 1 saturated heterocycles. The molecule has 0 spiro atoms. The SMILES string of the molecule is COC(=O)[C@H]1[C@@H](NC(=O)C(=NOC(C)(C)C(=O)OCc2ccc([N+](=O)[O-])cc2)c2csc(NC(=O)CCl)n2)C(=O)N1S(=O)(=O)[O-].[Na+]. The van der Waals surface area contributed by atoms with Crippen LogP contribution in [0.5, 0.6) is 0 Å². The summed E-state index contributed by atoms with van der Waals surface area (Å²) >= 11 is 6.29. The van der Waals surface area contributed by atoms with Crippen LogP contribution in [0.2, 0.25) is 0 Å². The van der Waals surface area contributed by atoms with Crippen molar-refractivity contribution in [1.29, 1.82) is 0 Å². The van der Waals surface area contributed by atoms with Gasteiger partial charge >= 0.3 is 41.5 Å². The van der Waals surface area contributed by atoms with Gasteiger partial charge in [-0.05, 0) is 31.5 Å². The number of halogens is 1. The third-order valence-corrected chi connectivity index (χ3v) is 7.61. The summed E-state index contributed by atoms with van der Waals surface area (Å²) < 4.78 is 43.8. The molecule has 0 unspecified atom stereocenters. The van der Waals surface area contributed by atoms with E-state index in [0.717, 1.165) is 18.4 Å². The van der Waals surface area contributed by atoms with E-state index in [-0.39, 0.29) is 57.0 Å². The molecule has 242 valence electrons. The molecule has 2 aromatic rings. The molecule has 1 aromatic carbocycles. The number of thiazole rings is 1. The Labute approximate surface area is 290 Å². The van der Waals surface area contributed by atoms with E-state index in [1.54, 1.807) is 0 Å². The number of rotatable bonds is 13. The van der Waals surface area contributed by atoms with Crippen molar-refractivity contribution in [3.63, 3.8) is 0 Å². The number of β-lactam (4-membered cyclic amide) rings is 1. The number of nitro benzene ring substituents is 1. The Morgan fingerprint density at radius 2 is 1.85 bits per heavy atom. The predicted octanol–water partition coefficient (Wildman–Crippen LogP) is -3.20. The van der Waals surface area contributed by atoms with Crippen LogP contribution in [0.25, 0.3) is 0 Å². The van der Waals surface area contributed by atoms with Crippen molar-refractivity contribution in [2.45, 2.75) is 38.1 Å². The quantitative estimate of drug-likeness (QED) is 0.0303. The number of oxime groups is 1. The Bertz CT molecular complexity index is 1670. The molecule has 2 heterocycles. The molecule has 3 rings (SSSR count). The van der Waals surface area contributed by atoms with E-state index in [1.807, 2.05) is 0 Å².